The van der Waals surface area contributed by atoms with Crippen molar-refractivity contribution in [2.75, 3.05) is 11.9 Å². The molecule has 0 fully saturated rings. The monoisotopic (exact) mass is 259 g/mol. The first kappa shape index (κ1) is 11.9. The molecule has 0 saturated carbocycles. The average Bonchev–Trinajstić information content (AvgIpc) is 2.83. The van der Waals surface area contributed by atoms with Crippen molar-refractivity contribution in [1.82, 2.24) is 10.3 Å². The Morgan fingerprint density at radius 2 is 2.21 bits per heavy atom. The molecule has 2 aromatic rings. The summed E-state index contributed by atoms with van der Waals surface area (Å²) >= 11 is 0. The van der Waals surface area contributed by atoms with Gasteiger partial charge < -0.3 is 10.1 Å². The van der Waals surface area contributed by atoms with Crippen molar-refractivity contribution < 1.29 is 14.2 Å². The summed E-state index contributed by atoms with van der Waals surface area (Å²) in [5.41, 5.74) is 2.58. The quantitative estimate of drug-likeness (QED) is 0.887. The Hall–Kier alpha value is -2.21. The van der Waals surface area contributed by atoms with E-state index in [1.165, 1.54) is 0 Å². The topological polar surface area (TPSA) is 77.3 Å². The predicted octanol–water partition coefficient (Wildman–Crippen LogP) is 1.63. The van der Waals surface area contributed by atoms with Crippen molar-refractivity contribution in [3.8, 4) is 0 Å². The van der Waals surface area contributed by atoms with E-state index in [0.717, 1.165) is 17.5 Å². The van der Waals surface area contributed by atoms with E-state index in [4.69, 9.17) is 4.74 Å². The zero-order valence-corrected chi connectivity index (χ0v) is 10.4. The highest BCUT2D eigenvalue weighted by molar-refractivity contribution is 5.94. The van der Waals surface area contributed by atoms with Gasteiger partial charge >= 0.3 is 0 Å². The highest BCUT2D eigenvalue weighted by Gasteiger charge is 2.28. The van der Waals surface area contributed by atoms with Crippen LogP contribution in [0.15, 0.2) is 28.9 Å². The second kappa shape index (κ2) is 4.81. The predicted molar refractivity (Wildman–Crippen MR) is 66.5 cm³/mol. The van der Waals surface area contributed by atoms with Crippen LogP contribution < -0.4 is 5.32 Å². The number of hydrogen-bond acceptors (Lipinski definition) is 5. The molecule has 1 unspecified atom stereocenters. The lowest BCUT2D eigenvalue weighted by molar-refractivity contribution is -0.128. The molecule has 19 heavy (non-hydrogen) atoms. The van der Waals surface area contributed by atoms with Crippen LogP contribution in [-0.2, 0) is 16.0 Å². The minimum Gasteiger partial charge on any atom is -0.363 e. The third kappa shape index (κ3) is 2.22. The van der Waals surface area contributed by atoms with Crippen LogP contribution in [-0.4, -0.2) is 22.8 Å². The molecule has 1 amide bonds. The lowest BCUT2D eigenvalue weighted by Gasteiger charge is -2.24. The number of nitrogens with one attached hydrogen (secondary N) is 1. The zero-order chi connectivity index (χ0) is 13.2. The van der Waals surface area contributed by atoms with Gasteiger partial charge in [0, 0.05) is 0 Å². The van der Waals surface area contributed by atoms with Crippen LogP contribution in [0.4, 0.5) is 5.82 Å². The summed E-state index contributed by atoms with van der Waals surface area (Å²) in [5.74, 6) is 0.0719. The summed E-state index contributed by atoms with van der Waals surface area (Å²) in [7, 11) is 0. The molecule has 3 rings (SSSR count). The van der Waals surface area contributed by atoms with Crippen molar-refractivity contribution in [3.05, 3.63) is 41.1 Å². The van der Waals surface area contributed by atoms with Gasteiger partial charge in [0.2, 0.25) is 0 Å². The smallest absolute Gasteiger partial charge is 0.259 e. The maximum absolute atomic E-state index is 12.2. The van der Waals surface area contributed by atoms with E-state index in [9.17, 15) is 4.79 Å². The van der Waals surface area contributed by atoms with Crippen LogP contribution in [0.5, 0.6) is 0 Å². The normalized spacial score (nSPS) is 17.8. The van der Waals surface area contributed by atoms with E-state index in [-0.39, 0.29) is 5.91 Å². The number of fused-ring (bicyclic) bond motifs is 1. The number of amides is 1. The number of carbonyl (C=O) groups excluding carboxylic acids is 1. The van der Waals surface area contributed by atoms with Crippen molar-refractivity contribution in [3.63, 3.8) is 0 Å². The van der Waals surface area contributed by atoms with Crippen LogP contribution in [0.2, 0.25) is 0 Å². The second-order valence-electron chi connectivity index (χ2n) is 4.39. The summed E-state index contributed by atoms with van der Waals surface area (Å²) in [4.78, 5) is 12.2. The first-order valence-corrected chi connectivity index (χ1v) is 6.05. The fourth-order valence-corrected chi connectivity index (χ4v) is 2.14. The van der Waals surface area contributed by atoms with Crippen LogP contribution in [0.3, 0.4) is 0 Å². The number of aryl methyl sites for hydroxylation is 1. The summed E-state index contributed by atoms with van der Waals surface area (Å²) in [5, 5.41) is 9.92. The molecule has 0 bridgehead atoms. The Morgan fingerprint density at radius 1 is 1.37 bits per heavy atom. The molecule has 0 aliphatic carbocycles. The van der Waals surface area contributed by atoms with Gasteiger partial charge in [-0.2, -0.15) is 0 Å². The van der Waals surface area contributed by atoms with Crippen molar-refractivity contribution in [2.24, 2.45) is 0 Å². The molecular formula is C13H13N3O3. The molecular weight excluding hydrogens is 246 g/mol. The van der Waals surface area contributed by atoms with Gasteiger partial charge in [-0.25, -0.2) is 4.63 Å². The average molecular weight is 259 g/mol. The zero-order valence-electron chi connectivity index (χ0n) is 10.4. The molecule has 6 nitrogen and oxygen atoms in total. The fraction of sp³-hybridized carbons (Fsp3) is 0.308. The van der Waals surface area contributed by atoms with Crippen molar-refractivity contribution >= 4 is 11.7 Å². The van der Waals surface area contributed by atoms with E-state index in [0.29, 0.717) is 18.1 Å². The number of nitrogens with zero attached hydrogens (tertiary/aromatic N) is 2. The molecule has 0 spiro atoms. The number of rotatable bonds is 2. The number of hydrogen-bond donors (Lipinski definition) is 1. The lowest BCUT2D eigenvalue weighted by Crippen LogP contribution is -2.28. The number of anilines is 1. The van der Waals surface area contributed by atoms with E-state index in [1.54, 1.807) is 6.92 Å². The van der Waals surface area contributed by atoms with Gasteiger partial charge in [0.15, 0.2) is 11.9 Å². The molecule has 2 heterocycles. The Labute approximate surface area is 109 Å². The number of aromatic nitrogens is 2. The first-order valence-electron chi connectivity index (χ1n) is 6.05. The molecule has 1 aliphatic heterocycles. The highest BCUT2D eigenvalue weighted by Crippen LogP contribution is 2.28. The Bertz CT molecular complexity index is 609. The summed E-state index contributed by atoms with van der Waals surface area (Å²) in [6.07, 6.45) is 0.214. The maximum Gasteiger partial charge on any atom is 0.259 e. The third-order valence-electron chi connectivity index (χ3n) is 3.13. The first-order chi connectivity index (χ1) is 9.25. The maximum atomic E-state index is 12.2. The molecule has 1 aromatic heterocycles. The lowest BCUT2D eigenvalue weighted by atomic mass is 9.97. The van der Waals surface area contributed by atoms with Crippen molar-refractivity contribution in [2.45, 2.75) is 19.4 Å². The molecule has 1 atom stereocenters. The Morgan fingerprint density at radius 3 is 3.00 bits per heavy atom. The van der Waals surface area contributed by atoms with E-state index in [1.807, 2.05) is 24.3 Å². The highest BCUT2D eigenvalue weighted by atomic mass is 16.6. The summed E-state index contributed by atoms with van der Waals surface area (Å²) < 4.78 is 10.1. The molecule has 6 heteroatoms. The Kier molecular flexibility index (Phi) is 3.00. The fourth-order valence-electron chi connectivity index (χ4n) is 2.14. The van der Waals surface area contributed by atoms with Gasteiger partial charge in [-0.15, -0.1) is 0 Å². The van der Waals surface area contributed by atoms with Gasteiger partial charge in [-0.3, -0.25) is 4.79 Å². The largest absolute Gasteiger partial charge is 0.363 e. The SMILES string of the molecule is Cc1nonc1NC(=O)C1OCCc2ccccc21. The minimum atomic E-state index is -0.610. The Balaban J connectivity index is 1.84. The number of ether oxygens (including phenoxy) is 1. The van der Waals surface area contributed by atoms with E-state index < -0.39 is 6.10 Å². The van der Waals surface area contributed by atoms with E-state index in [2.05, 4.69) is 20.3 Å². The molecule has 1 aliphatic rings. The van der Waals surface area contributed by atoms with Crippen LogP contribution >= 0.6 is 0 Å². The molecule has 1 N–H and O–H groups in total. The van der Waals surface area contributed by atoms with Gasteiger partial charge in [-0.1, -0.05) is 29.4 Å². The molecule has 1 aromatic carbocycles. The number of benzene rings is 1. The standard InChI is InChI=1S/C13H13N3O3/c1-8-12(16-19-15-8)14-13(17)11-10-5-3-2-4-9(10)6-7-18-11/h2-5,11H,6-7H2,1H3,(H,14,16,17). The summed E-state index contributed by atoms with van der Waals surface area (Å²) in [6, 6.07) is 7.79. The van der Waals surface area contributed by atoms with Crippen LogP contribution in [0.1, 0.15) is 22.9 Å². The molecule has 0 radical (unpaired) electrons. The van der Waals surface area contributed by atoms with Gasteiger partial charge in [0.1, 0.15) is 5.69 Å². The third-order valence-corrected chi connectivity index (χ3v) is 3.13. The van der Waals surface area contributed by atoms with Crippen LogP contribution in [0, 0.1) is 6.92 Å². The number of carbonyl (C=O) groups is 1. The minimum absolute atomic E-state index is 0.258. The summed E-state index contributed by atoms with van der Waals surface area (Å²) in [6.45, 7) is 2.24. The van der Waals surface area contributed by atoms with Gasteiger partial charge in [0.05, 0.1) is 6.61 Å². The van der Waals surface area contributed by atoms with Gasteiger partial charge in [0.25, 0.3) is 5.91 Å². The van der Waals surface area contributed by atoms with Gasteiger partial charge in [-0.05, 0) is 29.6 Å². The second-order valence-corrected chi connectivity index (χ2v) is 4.39. The van der Waals surface area contributed by atoms with E-state index >= 15 is 0 Å². The van der Waals surface area contributed by atoms with Crippen LogP contribution in [0.25, 0.3) is 0 Å². The van der Waals surface area contributed by atoms with Crippen molar-refractivity contribution in [1.29, 1.82) is 0 Å². The molecule has 98 valence electrons. The molecule has 0 saturated heterocycles.